The number of hydrogen-bond acceptors (Lipinski definition) is 3. The van der Waals surface area contributed by atoms with Crippen LogP contribution in [0.25, 0.3) is 21.8 Å². The van der Waals surface area contributed by atoms with Gasteiger partial charge in [-0.05, 0) is 30.7 Å². The summed E-state index contributed by atoms with van der Waals surface area (Å²) in [5, 5.41) is 9.27. The predicted molar refractivity (Wildman–Crippen MR) is 105 cm³/mol. The Morgan fingerprint density at radius 1 is 1.20 bits per heavy atom. The van der Waals surface area contributed by atoms with E-state index in [1.54, 1.807) is 0 Å². The zero-order chi connectivity index (χ0) is 17.8. The molecule has 1 aromatic carbocycles. The summed E-state index contributed by atoms with van der Waals surface area (Å²) in [6.07, 6.45) is 2.90. The van der Waals surface area contributed by atoms with Gasteiger partial charge in [0, 0.05) is 35.9 Å². The third kappa shape index (κ3) is 2.60. The fourth-order valence-corrected chi connectivity index (χ4v) is 4.13. The number of nitrogens with zero attached hydrogens (tertiary/aromatic N) is 3. The van der Waals surface area contributed by atoms with Crippen molar-refractivity contribution in [3.05, 3.63) is 41.2 Å². The van der Waals surface area contributed by atoms with Crippen molar-refractivity contribution < 1.29 is 0 Å². The van der Waals surface area contributed by atoms with Crippen LogP contribution in [0.1, 0.15) is 44.1 Å². The molecular formula is C21H26N4. The highest BCUT2D eigenvalue weighted by Gasteiger charge is 2.33. The van der Waals surface area contributed by atoms with Crippen LogP contribution >= 0.6 is 0 Å². The first-order valence-corrected chi connectivity index (χ1v) is 9.07. The van der Waals surface area contributed by atoms with E-state index in [9.17, 15) is 0 Å². The van der Waals surface area contributed by atoms with Gasteiger partial charge in [-0.25, -0.2) is 0 Å². The second-order valence-electron chi connectivity index (χ2n) is 8.07. The zero-order valence-corrected chi connectivity index (χ0v) is 15.8. The molecule has 0 bridgehead atoms. The van der Waals surface area contributed by atoms with E-state index >= 15 is 0 Å². The first-order valence-electron chi connectivity index (χ1n) is 9.07. The molecule has 2 heterocycles. The van der Waals surface area contributed by atoms with E-state index in [0.29, 0.717) is 0 Å². The smallest absolute Gasteiger partial charge is 0.0722 e. The number of aromatic amines is 1. The lowest BCUT2D eigenvalue weighted by Crippen LogP contribution is -2.30. The van der Waals surface area contributed by atoms with Crippen molar-refractivity contribution in [2.45, 2.75) is 40.0 Å². The van der Waals surface area contributed by atoms with Gasteiger partial charge in [0.1, 0.15) is 0 Å². The summed E-state index contributed by atoms with van der Waals surface area (Å²) in [6, 6.07) is 8.53. The molecule has 0 saturated heterocycles. The zero-order valence-electron chi connectivity index (χ0n) is 15.8. The van der Waals surface area contributed by atoms with E-state index < -0.39 is 0 Å². The Morgan fingerprint density at radius 3 is 2.68 bits per heavy atom. The Kier molecular flexibility index (Phi) is 3.60. The quantitative estimate of drug-likeness (QED) is 0.700. The molecule has 0 spiro atoms. The van der Waals surface area contributed by atoms with Crippen molar-refractivity contribution >= 4 is 27.5 Å². The molecule has 1 aliphatic carbocycles. The van der Waals surface area contributed by atoms with Crippen LogP contribution in [0.2, 0.25) is 0 Å². The van der Waals surface area contributed by atoms with Gasteiger partial charge >= 0.3 is 0 Å². The van der Waals surface area contributed by atoms with Crippen LogP contribution in [-0.4, -0.2) is 34.8 Å². The molecule has 0 unspecified atom stereocenters. The van der Waals surface area contributed by atoms with Crippen molar-refractivity contribution in [1.82, 2.24) is 15.0 Å². The van der Waals surface area contributed by atoms with Gasteiger partial charge in [-0.2, -0.15) is 5.10 Å². The normalized spacial score (nSPS) is 18.0. The molecule has 2 aromatic heterocycles. The largest absolute Gasteiger partial charge is 0.354 e. The first kappa shape index (κ1) is 16.1. The number of nitrogens with one attached hydrogen (secondary N) is 1. The highest BCUT2D eigenvalue weighted by atomic mass is 15.4. The minimum atomic E-state index is 0.180. The molecule has 0 saturated carbocycles. The van der Waals surface area contributed by atoms with E-state index in [0.717, 1.165) is 25.0 Å². The Labute approximate surface area is 148 Å². The van der Waals surface area contributed by atoms with Crippen molar-refractivity contribution in [2.75, 3.05) is 14.1 Å². The van der Waals surface area contributed by atoms with Gasteiger partial charge in [0.15, 0.2) is 0 Å². The molecule has 0 fully saturated rings. The first-order chi connectivity index (χ1) is 11.9. The van der Waals surface area contributed by atoms with Crippen molar-refractivity contribution in [2.24, 2.45) is 10.5 Å². The summed E-state index contributed by atoms with van der Waals surface area (Å²) in [4.78, 5) is 8.79. The van der Waals surface area contributed by atoms with E-state index in [2.05, 4.69) is 50.0 Å². The minimum Gasteiger partial charge on any atom is -0.354 e. The maximum absolute atomic E-state index is 5.12. The van der Waals surface area contributed by atoms with Gasteiger partial charge < -0.3 is 9.99 Å². The Morgan fingerprint density at radius 2 is 1.96 bits per heavy atom. The van der Waals surface area contributed by atoms with Gasteiger partial charge in [-0.15, -0.1) is 0 Å². The molecule has 130 valence electrons. The van der Waals surface area contributed by atoms with Gasteiger partial charge in [0.05, 0.1) is 22.6 Å². The van der Waals surface area contributed by atoms with E-state index in [-0.39, 0.29) is 5.41 Å². The number of hydrazone groups is 1. The van der Waals surface area contributed by atoms with Crippen LogP contribution in [0.4, 0.5) is 0 Å². The summed E-state index contributed by atoms with van der Waals surface area (Å²) in [5.41, 5.74) is 7.30. The number of rotatable bonds is 2. The van der Waals surface area contributed by atoms with E-state index in [4.69, 9.17) is 10.1 Å². The number of H-pyrrole nitrogens is 1. The number of fused-ring (bicyclic) bond motifs is 5. The highest BCUT2D eigenvalue weighted by molar-refractivity contribution is 6.18. The molecule has 0 amide bonds. The predicted octanol–water partition coefficient (Wildman–Crippen LogP) is 4.52. The molecule has 0 atom stereocenters. The maximum Gasteiger partial charge on any atom is 0.0722 e. The fraction of sp³-hybridized carbons (Fsp3) is 0.429. The molecule has 4 heteroatoms. The lowest BCUT2D eigenvalue weighted by molar-refractivity contribution is 0.359. The molecular weight excluding hydrogens is 308 g/mol. The Balaban J connectivity index is 2.13. The summed E-state index contributed by atoms with van der Waals surface area (Å²) >= 11 is 0. The number of aromatic nitrogens is 2. The van der Waals surface area contributed by atoms with Crippen LogP contribution in [0.3, 0.4) is 0 Å². The van der Waals surface area contributed by atoms with Crippen LogP contribution in [-0.2, 0) is 12.8 Å². The molecule has 3 aromatic rings. The van der Waals surface area contributed by atoms with Crippen LogP contribution in [0, 0.1) is 5.41 Å². The van der Waals surface area contributed by atoms with Crippen LogP contribution in [0.5, 0.6) is 0 Å². The molecule has 1 N–H and O–H groups in total. The van der Waals surface area contributed by atoms with Gasteiger partial charge in [-0.3, -0.25) is 4.98 Å². The lowest BCUT2D eigenvalue weighted by Gasteiger charge is -2.32. The third-order valence-corrected chi connectivity index (χ3v) is 5.04. The van der Waals surface area contributed by atoms with Gasteiger partial charge in [0.2, 0.25) is 0 Å². The van der Waals surface area contributed by atoms with Gasteiger partial charge in [0.25, 0.3) is 0 Å². The van der Waals surface area contributed by atoms with Crippen molar-refractivity contribution in [3.8, 4) is 0 Å². The second-order valence-corrected chi connectivity index (χ2v) is 8.07. The molecule has 1 aliphatic rings. The average Bonchev–Trinajstić information content (AvgIpc) is 2.91. The molecule has 4 nitrogen and oxygen atoms in total. The summed E-state index contributed by atoms with van der Waals surface area (Å²) in [6.45, 7) is 6.81. The van der Waals surface area contributed by atoms with Crippen LogP contribution < -0.4 is 0 Å². The van der Waals surface area contributed by atoms with E-state index in [1.807, 2.05) is 19.1 Å². The minimum absolute atomic E-state index is 0.180. The monoisotopic (exact) mass is 334 g/mol. The molecule has 0 radical (unpaired) electrons. The SMILES string of the molecule is CCc1nc2c(c3[nH]c4ccccc4c13)/C(=N/N(C)C)CC(C)(C)C2. The Hall–Kier alpha value is -2.36. The van der Waals surface area contributed by atoms with Crippen molar-refractivity contribution in [1.29, 1.82) is 0 Å². The maximum atomic E-state index is 5.12. The summed E-state index contributed by atoms with van der Waals surface area (Å²) in [7, 11) is 3.98. The van der Waals surface area contributed by atoms with E-state index in [1.165, 1.54) is 38.8 Å². The third-order valence-electron chi connectivity index (χ3n) is 5.04. The number of pyridine rings is 1. The second kappa shape index (κ2) is 5.58. The number of aryl methyl sites for hydroxylation is 1. The topological polar surface area (TPSA) is 44.3 Å². The standard InChI is InChI=1S/C21H26N4/c1-6-14-18-13-9-7-8-10-15(13)23-20(18)19-16(22-14)11-21(2,3)12-17(19)24-25(4)5/h7-10,23H,6,11-12H2,1-5H3/b24-17+. The summed E-state index contributed by atoms with van der Waals surface area (Å²) in [5.74, 6) is 0. The lowest BCUT2D eigenvalue weighted by atomic mass is 9.74. The number of hydrogen-bond donors (Lipinski definition) is 1. The summed E-state index contributed by atoms with van der Waals surface area (Å²) < 4.78 is 0. The van der Waals surface area contributed by atoms with Gasteiger partial charge in [-0.1, -0.05) is 39.0 Å². The average molecular weight is 334 g/mol. The Bertz CT molecular complexity index is 992. The fourth-order valence-electron chi connectivity index (χ4n) is 4.13. The number of para-hydroxylation sites is 1. The van der Waals surface area contributed by atoms with Crippen LogP contribution in [0.15, 0.2) is 29.4 Å². The van der Waals surface area contributed by atoms with Crippen molar-refractivity contribution in [3.63, 3.8) is 0 Å². The highest BCUT2D eigenvalue weighted by Crippen LogP contribution is 2.40. The number of benzene rings is 1. The molecule has 0 aliphatic heterocycles. The molecule has 4 rings (SSSR count). The molecule has 25 heavy (non-hydrogen) atoms.